The quantitative estimate of drug-likeness (QED) is 0.757. The lowest BCUT2D eigenvalue weighted by atomic mass is 10.3. The van der Waals surface area contributed by atoms with Crippen molar-refractivity contribution in [2.24, 2.45) is 0 Å². The van der Waals surface area contributed by atoms with E-state index in [4.69, 9.17) is 0 Å². The molecule has 1 nitrogen and oxygen atoms in total. The van der Waals surface area contributed by atoms with Gasteiger partial charge in [-0.25, -0.2) is 0 Å². The first-order valence-corrected chi connectivity index (χ1v) is 8.19. The number of nitrogens with one attached hydrogen (secondary N) is 1. The van der Waals surface area contributed by atoms with E-state index in [-0.39, 0.29) is 0 Å². The summed E-state index contributed by atoms with van der Waals surface area (Å²) in [6, 6.07) is 20.3. The highest BCUT2D eigenvalue weighted by molar-refractivity contribution is 6.34. The molecule has 0 atom stereocenters. The van der Waals surface area contributed by atoms with E-state index in [0.29, 0.717) is 0 Å². The summed E-state index contributed by atoms with van der Waals surface area (Å²) >= 11 is 0.815. The van der Waals surface area contributed by atoms with Crippen molar-refractivity contribution in [1.82, 2.24) is 0 Å². The molecule has 2 aromatic carbocycles. The predicted octanol–water partition coefficient (Wildman–Crippen LogP) is 5.00. The largest absolute Gasteiger partial charge is 0.356 e. The molecule has 93 valence electrons. The van der Waals surface area contributed by atoms with Crippen LogP contribution < -0.4 is 5.32 Å². The number of para-hydroxylation sites is 2. The normalized spacial score (nSPS) is 9.00. The van der Waals surface area contributed by atoms with Gasteiger partial charge in [-0.3, -0.25) is 0 Å². The van der Waals surface area contributed by atoms with Gasteiger partial charge in [0.15, 0.2) is 15.2 Å². The van der Waals surface area contributed by atoms with Crippen molar-refractivity contribution in [1.29, 1.82) is 0 Å². The van der Waals surface area contributed by atoms with E-state index in [1.54, 1.807) is 0 Å². The maximum atomic E-state index is 3.30. The van der Waals surface area contributed by atoms with Gasteiger partial charge in [0.2, 0.25) is 0 Å². The third kappa shape index (κ3) is 6.49. The van der Waals surface area contributed by atoms with Gasteiger partial charge in [0.1, 0.15) is 0 Å². The van der Waals surface area contributed by atoms with Crippen molar-refractivity contribution in [3.63, 3.8) is 0 Å². The molecule has 0 unspecified atom stereocenters. The molecule has 0 saturated carbocycles. The van der Waals surface area contributed by atoms with Crippen LogP contribution in [-0.4, -0.2) is 15.2 Å². The third-order valence-electron chi connectivity index (χ3n) is 2.41. The zero-order chi connectivity index (χ0) is 13.1. The van der Waals surface area contributed by atoms with E-state index >= 15 is 0 Å². The van der Waals surface area contributed by atoms with Gasteiger partial charge in [0, 0.05) is 11.4 Å². The van der Waals surface area contributed by atoms with Crippen molar-refractivity contribution < 1.29 is 0 Å². The molecule has 0 aromatic heterocycles. The van der Waals surface area contributed by atoms with E-state index in [9.17, 15) is 0 Å². The minimum Gasteiger partial charge on any atom is -0.356 e. The topological polar surface area (TPSA) is 12.0 Å². The maximum Gasteiger partial charge on any atom is 0.198 e. The van der Waals surface area contributed by atoms with Crippen LogP contribution in [0.2, 0.25) is 10.6 Å². The predicted molar refractivity (Wildman–Crippen MR) is 82.9 cm³/mol. The Hall–Kier alpha value is -1.23. The maximum absolute atomic E-state index is 3.30. The molecule has 0 aliphatic heterocycles. The highest BCUT2D eigenvalue weighted by Gasteiger charge is 1.89. The first-order valence-electron chi connectivity index (χ1n) is 6.55. The van der Waals surface area contributed by atoms with Crippen molar-refractivity contribution in [3.05, 3.63) is 60.7 Å². The molecule has 1 N–H and O–H groups in total. The number of hydrogen-bond donors (Lipinski definition) is 1. The number of hydrogen-bond acceptors (Lipinski definition) is 1. The smallest absolute Gasteiger partial charge is 0.198 e. The highest BCUT2D eigenvalue weighted by Crippen LogP contribution is 2.14. The lowest BCUT2D eigenvalue weighted by Gasteiger charge is -2.04. The van der Waals surface area contributed by atoms with Crippen LogP contribution in [0, 0.1) is 0 Å². The van der Waals surface area contributed by atoms with Crippen LogP contribution in [-0.2, 0) is 0 Å². The molecule has 2 aromatic rings. The van der Waals surface area contributed by atoms with Crippen molar-refractivity contribution >= 4 is 26.6 Å². The molecule has 2 heteroatoms. The van der Waals surface area contributed by atoms with Crippen molar-refractivity contribution in [3.8, 4) is 0 Å². The molecule has 2 rings (SSSR count). The standard InChI is InChI=1S/C12H11N.2C2H5.Al/c1-3-7-11(8-4-1)13-12-9-5-2-6-10-12;2*1-2;/h1-10,13H;2*1H2,2H3;. The molecule has 0 bridgehead atoms. The number of anilines is 2. The molecule has 0 fully saturated rings. The Morgan fingerprint density at radius 1 is 0.722 bits per heavy atom. The van der Waals surface area contributed by atoms with Gasteiger partial charge in [-0.15, -0.1) is 10.6 Å². The lowest BCUT2D eigenvalue weighted by Crippen LogP contribution is -1.87. The van der Waals surface area contributed by atoms with Gasteiger partial charge in [0.05, 0.1) is 0 Å². The summed E-state index contributed by atoms with van der Waals surface area (Å²) in [4.78, 5) is 0. The Bertz CT molecular complexity index is 360. The summed E-state index contributed by atoms with van der Waals surface area (Å²) in [5, 5.41) is 6.16. The lowest BCUT2D eigenvalue weighted by molar-refractivity contribution is 1.36. The van der Waals surface area contributed by atoms with E-state index in [1.165, 1.54) is 10.6 Å². The summed E-state index contributed by atoms with van der Waals surface area (Å²) in [5.41, 5.74) is 2.24. The van der Waals surface area contributed by atoms with Gasteiger partial charge in [0.25, 0.3) is 0 Å². The Kier molecular flexibility index (Phi) is 8.05. The minimum absolute atomic E-state index is 0.815. The second-order valence-corrected chi connectivity index (χ2v) is 6.17. The van der Waals surface area contributed by atoms with Crippen LogP contribution in [0.15, 0.2) is 60.7 Å². The molecule has 0 spiro atoms. The SMILES string of the molecule is C[CH2][Al][CH2]C.c1ccc(Nc2ccccc2)cc1. The van der Waals surface area contributed by atoms with Crippen LogP contribution in [0.3, 0.4) is 0 Å². The van der Waals surface area contributed by atoms with E-state index < -0.39 is 0 Å². The summed E-state index contributed by atoms with van der Waals surface area (Å²) in [7, 11) is 0. The Morgan fingerprint density at radius 2 is 1.11 bits per heavy atom. The van der Waals surface area contributed by atoms with E-state index in [2.05, 4.69) is 19.2 Å². The summed E-state index contributed by atoms with van der Waals surface area (Å²) in [6.07, 6.45) is 0. The molecule has 1 radical (unpaired) electrons. The fourth-order valence-electron chi connectivity index (χ4n) is 1.50. The number of benzene rings is 2. The van der Waals surface area contributed by atoms with Crippen molar-refractivity contribution in [2.45, 2.75) is 24.4 Å². The zero-order valence-corrected chi connectivity index (χ0v) is 12.4. The molecule has 0 aliphatic carbocycles. The second-order valence-electron chi connectivity index (χ2n) is 3.96. The van der Waals surface area contributed by atoms with Crippen LogP contribution in [0.4, 0.5) is 11.4 Å². The Morgan fingerprint density at radius 3 is 1.39 bits per heavy atom. The zero-order valence-electron chi connectivity index (χ0n) is 11.3. The molecule has 0 amide bonds. The number of rotatable bonds is 4. The molecule has 0 saturated heterocycles. The van der Waals surface area contributed by atoms with Gasteiger partial charge in [-0.2, -0.15) is 0 Å². The summed E-state index contributed by atoms with van der Waals surface area (Å²) < 4.78 is 0. The first-order chi connectivity index (χ1) is 8.86. The minimum atomic E-state index is 0.815. The van der Waals surface area contributed by atoms with Crippen LogP contribution in [0.25, 0.3) is 0 Å². The van der Waals surface area contributed by atoms with E-state index in [0.717, 1.165) is 26.6 Å². The average molecular weight is 254 g/mol. The van der Waals surface area contributed by atoms with Gasteiger partial charge >= 0.3 is 0 Å². The molecular weight excluding hydrogens is 233 g/mol. The van der Waals surface area contributed by atoms with Gasteiger partial charge in [-0.05, 0) is 24.3 Å². The molecular formula is C16H21AlN. The van der Waals surface area contributed by atoms with Crippen LogP contribution in [0.1, 0.15) is 13.8 Å². The Balaban J connectivity index is 0.000000280. The van der Waals surface area contributed by atoms with Crippen LogP contribution >= 0.6 is 0 Å². The van der Waals surface area contributed by atoms with E-state index in [1.807, 2.05) is 60.7 Å². The highest BCUT2D eigenvalue weighted by atomic mass is 27.1. The molecule has 18 heavy (non-hydrogen) atoms. The third-order valence-corrected chi connectivity index (χ3v) is 3.57. The first kappa shape index (κ1) is 14.8. The fourth-order valence-corrected chi connectivity index (χ4v) is 2.08. The molecule has 0 aliphatic rings. The summed E-state index contributed by atoms with van der Waals surface area (Å²) in [6.45, 7) is 4.50. The second kappa shape index (κ2) is 9.77. The monoisotopic (exact) mass is 254 g/mol. The van der Waals surface area contributed by atoms with Gasteiger partial charge < -0.3 is 5.32 Å². The molecule has 0 heterocycles. The van der Waals surface area contributed by atoms with Crippen molar-refractivity contribution in [2.75, 3.05) is 5.32 Å². The van der Waals surface area contributed by atoms with Gasteiger partial charge in [-0.1, -0.05) is 50.2 Å². The summed E-state index contributed by atoms with van der Waals surface area (Å²) in [5.74, 6) is 0. The van der Waals surface area contributed by atoms with Crippen LogP contribution in [0.5, 0.6) is 0 Å². The fraction of sp³-hybridized carbons (Fsp3) is 0.250. The average Bonchev–Trinajstić information content (AvgIpc) is 2.43. The Labute approximate surface area is 117 Å².